The highest BCUT2D eigenvalue weighted by Crippen LogP contribution is 2.39. The van der Waals surface area contributed by atoms with Crippen LogP contribution in [0.4, 0.5) is 9.39 Å². The van der Waals surface area contributed by atoms with Crippen molar-refractivity contribution in [3.05, 3.63) is 51.7 Å². The van der Waals surface area contributed by atoms with Crippen molar-refractivity contribution in [1.82, 2.24) is 0 Å². The summed E-state index contributed by atoms with van der Waals surface area (Å²) in [5.74, 6) is -0.814. The van der Waals surface area contributed by atoms with Crippen molar-refractivity contribution in [3.63, 3.8) is 0 Å². The number of likely N-dealkylation sites (N-methyl/N-ethyl adjacent to an activating group) is 1. The molecular weight excluding hydrogens is 349 g/mol. The van der Waals surface area contributed by atoms with E-state index in [1.165, 1.54) is 41.6 Å². The molecule has 0 radical (unpaired) electrons. The molecule has 0 unspecified atom stereocenters. The number of benzene rings is 1. The molecule has 3 N–H and O–H groups in total. The van der Waals surface area contributed by atoms with Crippen molar-refractivity contribution < 1.29 is 19.0 Å². The number of amides is 1. The van der Waals surface area contributed by atoms with Crippen molar-refractivity contribution in [1.29, 1.82) is 0 Å². The molecule has 0 atom stereocenters. The Labute approximate surface area is 157 Å². The molecule has 4 nitrogen and oxygen atoms in total. The fraction of sp³-hybridized carbons (Fsp3) is 0.450. The minimum absolute atomic E-state index is 0.113. The number of carbonyl (C=O) groups is 1. The van der Waals surface area contributed by atoms with Crippen LogP contribution in [0.3, 0.4) is 0 Å². The number of carbonyl (C=O) groups excluding carboxylic acids is 1. The summed E-state index contributed by atoms with van der Waals surface area (Å²) in [4.78, 5) is 17.2. The van der Waals surface area contributed by atoms with E-state index in [9.17, 15) is 9.18 Å². The van der Waals surface area contributed by atoms with E-state index in [4.69, 9.17) is 0 Å². The van der Waals surface area contributed by atoms with Crippen LogP contribution in [0.25, 0.3) is 0 Å². The lowest BCUT2D eigenvalue weighted by atomic mass is 10.1. The van der Waals surface area contributed by atoms with Crippen molar-refractivity contribution in [2.45, 2.75) is 25.8 Å². The van der Waals surface area contributed by atoms with E-state index in [2.05, 4.69) is 12.4 Å². The Bertz CT molecular complexity index is 811. The molecule has 1 aromatic carbocycles. The Balaban J connectivity index is 1.56. The predicted octanol–water partition coefficient (Wildman–Crippen LogP) is 0.541. The van der Waals surface area contributed by atoms with E-state index >= 15 is 0 Å². The van der Waals surface area contributed by atoms with Gasteiger partial charge in [0.1, 0.15) is 43.5 Å². The monoisotopic (exact) mass is 375 g/mol. The average molecular weight is 376 g/mol. The minimum atomic E-state index is -0.469. The molecule has 2 aliphatic rings. The Morgan fingerprint density at radius 3 is 2.73 bits per heavy atom. The normalized spacial score (nSPS) is 22.2. The summed E-state index contributed by atoms with van der Waals surface area (Å²) < 4.78 is 14.0. The summed E-state index contributed by atoms with van der Waals surface area (Å²) in [6.07, 6.45) is 3.41. The third-order valence-corrected chi connectivity index (χ3v) is 6.86. The van der Waals surface area contributed by atoms with E-state index < -0.39 is 5.82 Å². The molecule has 4 rings (SSSR count). The molecule has 0 spiro atoms. The van der Waals surface area contributed by atoms with Gasteiger partial charge >= 0.3 is 0 Å². The van der Waals surface area contributed by atoms with E-state index in [1.54, 1.807) is 39.3 Å². The van der Waals surface area contributed by atoms with Crippen LogP contribution in [0.5, 0.6) is 0 Å². The fourth-order valence-electron chi connectivity index (χ4n) is 4.03. The maximum Gasteiger partial charge on any atom is 0.259 e. The van der Waals surface area contributed by atoms with Gasteiger partial charge < -0.3 is 15.1 Å². The molecule has 0 saturated carbocycles. The van der Waals surface area contributed by atoms with Crippen molar-refractivity contribution in [2.24, 2.45) is 0 Å². The van der Waals surface area contributed by atoms with Gasteiger partial charge in [-0.05, 0) is 37.0 Å². The van der Waals surface area contributed by atoms with Crippen LogP contribution in [0, 0.1) is 5.82 Å². The highest BCUT2D eigenvalue weighted by Gasteiger charge is 2.28. The van der Waals surface area contributed by atoms with Gasteiger partial charge in [0, 0.05) is 10.4 Å². The summed E-state index contributed by atoms with van der Waals surface area (Å²) >= 11 is 1.69. The summed E-state index contributed by atoms with van der Waals surface area (Å²) in [6, 6.07) is 6.18. The van der Waals surface area contributed by atoms with E-state index in [0.29, 0.717) is 0 Å². The van der Waals surface area contributed by atoms with Gasteiger partial charge in [0.05, 0.1) is 12.6 Å². The van der Waals surface area contributed by atoms with Gasteiger partial charge in [-0.25, -0.2) is 4.39 Å². The van der Waals surface area contributed by atoms with Crippen LogP contribution in [-0.4, -0.2) is 39.1 Å². The van der Waals surface area contributed by atoms with Gasteiger partial charge in [0.2, 0.25) is 0 Å². The Hall–Kier alpha value is -1.76. The van der Waals surface area contributed by atoms with Gasteiger partial charge in [-0.1, -0.05) is 12.1 Å². The topological polar surface area (TPSA) is 38.0 Å². The van der Waals surface area contributed by atoms with Gasteiger partial charge in [-0.3, -0.25) is 4.79 Å². The highest BCUT2D eigenvalue weighted by atomic mass is 32.1. The molecule has 26 heavy (non-hydrogen) atoms. The molecule has 2 heterocycles. The molecule has 1 amide bonds. The van der Waals surface area contributed by atoms with Gasteiger partial charge in [0.25, 0.3) is 5.91 Å². The molecule has 6 heteroatoms. The summed E-state index contributed by atoms with van der Waals surface area (Å²) in [7, 11) is 2.25. The SMILES string of the molecule is C[NH+]1CC[NH+](Cc2c(NC(=O)c3ccccc3F)sc3c2CCC3)CC1. The maximum absolute atomic E-state index is 14.0. The third kappa shape index (κ3) is 3.54. The summed E-state index contributed by atoms with van der Waals surface area (Å²) in [5.41, 5.74) is 2.85. The molecular formula is C20H26FN3OS+2. The number of hydrogen-bond donors (Lipinski definition) is 3. The standard InChI is InChI=1S/C20H24FN3OS/c1-23-9-11-24(12-10-23)13-16-14-6-4-8-18(14)26-20(16)22-19(25)15-5-2-3-7-17(15)21/h2-3,5,7H,4,6,8-13H2,1H3,(H,22,25)/p+2. The lowest BCUT2D eigenvalue weighted by molar-refractivity contribution is -1.01. The summed E-state index contributed by atoms with van der Waals surface area (Å²) in [5, 5.41) is 3.95. The summed E-state index contributed by atoms with van der Waals surface area (Å²) in [6.45, 7) is 5.68. The number of halogens is 1. The van der Waals surface area contributed by atoms with Crippen LogP contribution in [0.1, 0.15) is 32.8 Å². The van der Waals surface area contributed by atoms with Gasteiger partial charge in [-0.2, -0.15) is 0 Å². The van der Waals surface area contributed by atoms with Crippen LogP contribution in [0.15, 0.2) is 24.3 Å². The van der Waals surface area contributed by atoms with Crippen molar-refractivity contribution in [3.8, 4) is 0 Å². The minimum Gasteiger partial charge on any atom is -0.328 e. The molecule has 1 fully saturated rings. The highest BCUT2D eigenvalue weighted by molar-refractivity contribution is 7.16. The molecule has 0 bridgehead atoms. The number of fused-ring (bicyclic) bond motifs is 1. The third-order valence-electron chi connectivity index (χ3n) is 5.61. The largest absolute Gasteiger partial charge is 0.328 e. The molecule has 1 saturated heterocycles. The Kier molecular flexibility index (Phi) is 5.07. The lowest BCUT2D eigenvalue weighted by Crippen LogP contribution is -3.26. The van der Waals surface area contributed by atoms with E-state index in [0.717, 1.165) is 37.5 Å². The zero-order valence-electron chi connectivity index (χ0n) is 15.2. The number of aryl methyl sites for hydroxylation is 1. The van der Waals surface area contributed by atoms with Crippen molar-refractivity contribution >= 4 is 22.2 Å². The number of piperazine rings is 1. The first-order chi connectivity index (χ1) is 12.6. The molecule has 1 aliphatic carbocycles. The fourth-order valence-corrected chi connectivity index (χ4v) is 5.33. The Morgan fingerprint density at radius 1 is 1.19 bits per heavy atom. The van der Waals surface area contributed by atoms with Crippen LogP contribution in [-0.2, 0) is 19.4 Å². The smallest absolute Gasteiger partial charge is 0.259 e. The number of quaternary nitrogens is 2. The molecule has 2 aromatic rings. The maximum atomic E-state index is 14.0. The van der Waals surface area contributed by atoms with Crippen LogP contribution in [0.2, 0.25) is 0 Å². The number of anilines is 1. The first-order valence-corrected chi connectivity index (χ1v) is 10.3. The second kappa shape index (κ2) is 7.47. The molecule has 1 aliphatic heterocycles. The lowest BCUT2D eigenvalue weighted by Gasteiger charge is -2.27. The van der Waals surface area contributed by atoms with Crippen LogP contribution >= 0.6 is 11.3 Å². The number of thiophene rings is 1. The predicted molar refractivity (Wildman–Crippen MR) is 102 cm³/mol. The first kappa shape index (κ1) is 17.6. The van der Waals surface area contributed by atoms with Gasteiger partial charge in [0.15, 0.2) is 0 Å². The van der Waals surface area contributed by atoms with E-state index in [-0.39, 0.29) is 11.5 Å². The molecule has 138 valence electrons. The van der Waals surface area contributed by atoms with Gasteiger partial charge in [-0.15, -0.1) is 11.3 Å². The zero-order chi connectivity index (χ0) is 18.1. The molecule has 1 aromatic heterocycles. The zero-order valence-corrected chi connectivity index (χ0v) is 16.0. The van der Waals surface area contributed by atoms with Crippen molar-refractivity contribution in [2.75, 3.05) is 38.5 Å². The van der Waals surface area contributed by atoms with E-state index in [1.807, 2.05) is 0 Å². The second-order valence-electron chi connectivity index (χ2n) is 7.48. The first-order valence-electron chi connectivity index (χ1n) is 9.46. The average Bonchev–Trinajstić information content (AvgIpc) is 3.20. The number of hydrogen-bond acceptors (Lipinski definition) is 2. The number of rotatable bonds is 4. The number of nitrogens with one attached hydrogen (secondary N) is 3. The second-order valence-corrected chi connectivity index (χ2v) is 8.59. The van der Waals surface area contributed by atoms with Crippen LogP contribution < -0.4 is 15.1 Å². The quantitative estimate of drug-likeness (QED) is 0.717. The Morgan fingerprint density at radius 2 is 1.96 bits per heavy atom.